The molecule has 1 radical (unpaired) electrons. The average Bonchev–Trinajstić information content (AvgIpc) is 2.07. The second-order valence-electron chi connectivity index (χ2n) is 2.57. The number of hydrogen-bond acceptors (Lipinski definition) is 2. The monoisotopic (exact) mass is 164 g/mol. The van der Waals surface area contributed by atoms with E-state index in [1.165, 1.54) is 0 Å². The summed E-state index contributed by atoms with van der Waals surface area (Å²) in [4.78, 5) is 6.02. The predicted molar refractivity (Wildman–Crippen MR) is 50.6 cm³/mol. The molecule has 0 saturated heterocycles. The molecular weight excluding hydrogens is 150 g/mol. The third-order valence-corrected chi connectivity index (χ3v) is 1.87. The standard InChI is InChI=1S/C9H14N3/c1-3-12(4-2)8-5-6-11-9(10)7-8/h5-7,10H,3-4H2,1-2H3. The van der Waals surface area contributed by atoms with E-state index < -0.39 is 0 Å². The molecule has 1 aromatic heterocycles. The highest BCUT2D eigenvalue weighted by molar-refractivity contribution is 5.50. The van der Waals surface area contributed by atoms with Gasteiger partial charge in [0.05, 0.1) is 0 Å². The Morgan fingerprint density at radius 1 is 1.42 bits per heavy atom. The first-order chi connectivity index (χ1) is 5.77. The lowest BCUT2D eigenvalue weighted by Crippen LogP contribution is -2.21. The van der Waals surface area contributed by atoms with Gasteiger partial charge in [0.15, 0.2) is 0 Å². The molecule has 0 bridgehead atoms. The average molecular weight is 164 g/mol. The molecule has 0 aromatic carbocycles. The van der Waals surface area contributed by atoms with Crippen molar-refractivity contribution in [3.05, 3.63) is 18.3 Å². The summed E-state index contributed by atoms with van der Waals surface area (Å²) in [5.74, 6) is 0.333. The Kier molecular flexibility index (Phi) is 2.91. The van der Waals surface area contributed by atoms with Gasteiger partial charge in [0.2, 0.25) is 0 Å². The van der Waals surface area contributed by atoms with E-state index in [-0.39, 0.29) is 0 Å². The molecule has 0 aliphatic carbocycles. The van der Waals surface area contributed by atoms with Crippen LogP contribution in [-0.2, 0) is 0 Å². The Hall–Kier alpha value is -1.25. The van der Waals surface area contributed by atoms with Crippen molar-refractivity contribution in [2.45, 2.75) is 13.8 Å². The first-order valence-electron chi connectivity index (χ1n) is 4.20. The smallest absolute Gasteiger partial charge is 0.146 e. The van der Waals surface area contributed by atoms with Gasteiger partial charge in [-0.15, -0.1) is 0 Å². The Morgan fingerprint density at radius 2 is 2.08 bits per heavy atom. The summed E-state index contributed by atoms with van der Waals surface area (Å²) in [6.45, 7) is 6.15. The van der Waals surface area contributed by atoms with Crippen LogP contribution in [0.4, 0.5) is 11.5 Å². The van der Waals surface area contributed by atoms with Gasteiger partial charge in [-0.2, -0.15) is 0 Å². The van der Waals surface area contributed by atoms with Crippen molar-refractivity contribution in [3.63, 3.8) is 0 Å². The summed E-state index contributed by atoms with van der Waals surface area (Å²) in [5.41, 5.74) is 8.42. The van der Waals surface area contributed by atoms with Crippen molar-refractivity contribution in [1.29, 1.82) is 0 Å². The summed E-state index contributed by atoms with van der Waals surface area (Å²) >= 11 is 0. The van der Waals surface area contributed by atoms with Gasteiger partial charge in [0.25, 0.3) is 0 Å². The molecule has 1 N–H and O–H groups in total. The van der Waals surface area contributed by atoms with Gasteiger partial charge >= 0.3 is 0 Å². The lowest BCUT2D eigenvalue weighted by atomic mass is 10.3. The summed E-state index contributed by atoms with van der Waals surface area (Å²) in [7, 11) is 0. The maximum absolute atomic E-state index is 7.34. The maximum atomic E-state index is 7.34. The topological polar surface area (TPSA) is 39.9 Å². The molecule has 3 heteroatoms. The van der Waals surface area contributed by atoms with Crippen molar-refractivity contribution in [2.75, 3.05) is 18.0 Å². The van der Waals surface area contributed by atoms with Gasteiger partial charge in [0, 0.05) is 31.0 Å². The molecule has 12 heavy (non-hydrogen) atoms. The third kappa shape index (κ3) is 1.87. The van der Waals surface area contributed by atoms with Crippen molar-refractivity contribution in [2.24, 2.45) is 0 Å². The van der Waals surface area contributed by atoms with Crippen molar-refractivity contribution in [1.82, 2.24) is 10.7 Å². The van der Waals surface area contributed by atoms with E-state index >= 15 is 0 Å². The van der Waals surface area contributed by atoms with E-state index in [1.54, 1.807) is 12.3 Å². The van der Waals surface area contributed by atoms with Crippen LogP contribution in [0.5, 0.6) is 0 Å². The van der Waals surface area contributed by atoms with E-state index in [2.05, 4.69) is 23.7 Å². The van der Waals surface area contributed by atoms with Crippen molar-refractivity contribution >= 4 is 11.5 Å². The molecule has 3 nitrogen and oxygen atoms in total. The number of rotatable bonds is 3. The quantitative estimate of drug-likeness (QED) is 0.683. The molecule has 0 unspecified atom stereocenters. The molecule has 0 spiro atoms. The molecule has 1 heterocycles. The Bertz CT molecular complexity index is 243. The van der Waals surface area contributed by atoms with Crippen LogP contribution in [0.3, 0.4) is 0 Å². The molecule has 1 rings (SSSR count). The molecule has 0 amide bonds. The van der Waals surface area contributed by atoms with Crippen LogP contribution >= 0.6 is 0 Å². The van der Waals surface area contributed by atoms with Gasteiger partial charge in [-0.25, -0.2) is 4.98 Å². The first-order valence-corrected chi connectivity index (χ1v) is 4.20. The largest absolute Gasteiger partial charge is 0.372 e. The first kappa shape index (κ1) is 8.84. The number of nitrogens with one attached hydrogen (secondary N) is 1. The summed E-state index contributed by atoms with van der Waals surface area (Å²) in [6.07, 6.45) is 1.68. The number of anilines is 1. The fraction of sp³-hybridized carbons (Fsp3) is 0.444. The van der Waals surface area contributed by atoms with Crippen molar-refractivity contribution < 1.29 is 0 Å². The Balaban J connectivity index is 2.85. The summed E-state index contributed by atoms with van der Waals surface area (Å²) < 4.78 is 0. The van der Waals surface area contributed by atoms with Crippen LogP contribution in [-0.4, -0.2) is 18.1 Å². The van der Waals surface area contributed by atoms with Crippen molar-refractivity contribution in [3.8, 4) is 0 Å². The zero-order chi connectivity index (χ0) is 8.97. The normalized spacial score (nSPS) is 9.83. The minimum absolute atomic E-state index is 0.333. The van der Waals surface area contributed by atoms with Gasteiger partial charge in [-0.1, -0.05) is 0 Å². The zero-order valence-corrected chi connectivity index (χ0v) is 7.54. The Labute approximate surface area is 73.2 Å². The molecule has 1 aromatic rings. The maximum Gasteiger partial charge on any atom is 0.146 e. The van der Waals surface area contributed by atoms with Crippen LogP contribution in [0.15, 0.2) is 18.3 Å². The van der Waals surface area contributed by atoms with E-state index in [4.69, 9.17) is 5.73 Å². The van der Waals surface area contributed by atoms with Crippen LogP contribution in [0.2, 0.25) is 0 Å². The van der Waals surface area contributed by atoms with Crippen LogP contribution in [0.1, 0.15) is 13.8 Å². The van der Waals surface area contributed by atoms with E-state index in [9.17, 15) is 0 Å². The second-order valence-corrected chi connectivity index (χ2v) is 2.57. The highest BCUT2D eigenvalue weighted by Gasteiger charge is 2.00. The van der Waals surface area contributed by atoms with Gasteiger partial charge in [-0.3, -0.25) is 5.73 Å². The van der Waals surface area contributed by atoms with Gasteiger partial charge < -0.3 is 4.90 Å². The SMILES string of the molecule is CCN(CC)c1ccnc([NH])c1. The van der Waals surface area contributed by atoms with Crippen LogP contribution in [0, 0.1) is 0 Å². The fourth-order valence-electron chi connectivity index (χ4n) is 1.20. The number of pyridine rings is 1. The van der Waals surface area contributed by atoms with Crippen LogP contribution < -0.4 is 10.6 Å². The molecular formula is C9H14N3. The molecule has 0 aliphatic heterocycles. The number of nitrogens with zero attached hydrogens (tertiary/aromatic N) is 2. The second kappa shape index (κ2) is 3.95. The molecule has 0 atom stereocenters. The Morgan fingerprint density at radius 3 is 2.58 bits per heavy atom. The molecule has 0 saturated carbocycles. The number of hydrogen-bond donors (Lipinski definition) is 0. The van der Waals surface area contributed by atoms with Gasteiger partial charge in [-0.05, 0) is 19.9 Å². The third-order valence-electron chi connectivity index (χ3n) is 1.87. The molecule has 0 fully saturated rings. The van der Waals surface area contributed by atoms with E-state index in [1.807, 2.05) is 6.07 Å². The minimum atomic E-state index is 0.333. The lowest BCUT2D eigenvalue weighted by Gasteiger charge is -2.20. The molecule has 65 valence electrons. The summed E-state index contributed by atoms with van der Waals surface area (Å²) in [6, 6.07) is 3.72. The lowest BCUT2D eigenvalue weighted by molar-refractivity contribution is 0.864. The highest BCUT2D eigenvalue weighted by atomic mass is 15.1. The zero-order valence-electron chi connectivity index (χ0n) is 7.54. The minimum Gasteiger partial charge on any atom is -0.372 e. The summed E-state index contributed by atoms with van der Waals surface area (Å²) in [5, 5.41) is 0. The predicted octanol–water partition coefficient (Wildman–Crippen LogP) is 1.84. The van der Waals surface area contributed by atoms with Gasteiger partial charge in [0.1, 0.15) is 5.82 Å². The fourth-order valence-corrected chi connectivity index (χ4v) is 1.20. The van der Waals surface area contributed by atoms with E-state index in [0.717, 1.165) is 18.8 Å². The van der Waals surface area contributed by atoms with Crippen LogP contribution in [0.25, 0.3) is 0 Å². The highest BCUT2D eigenvalue weighted by Crippen LogP contribution is 2.15. The number of aromatic nitrogens is 1. The van der Waals surface area contributed by atoms with E-state index in [0.29, 0.717) is 5.82 Å². The molecule has 0 aliphatic rings.